The highest BCUT2D eigenvalue weighted by Crippen LogP contribution is 2.35. The lowest BCUT2D eigenvalue weighted by atomic mass is 10.1. The molecule has 0 saturated heterocycles. The highest BCUT2D eigenvalue weighted by atomic mass is 32.2. The number of nitriles is 1. The van der Waals surface area contributed by atoms with E-state index in [-0.39, 0.29) is 27.9 Å². The largest absolute Gasteiger partial charge is 0.453 e. The first-order chi connectivity index (χ1) is 18.9. The average molecular weight is 547 g/mol. The molecule has 1 N–H and O–H groups in total. The number of aryl methyl sites for hydroxylation is 2. The number of halogens is 1. The van der Waals surface area contributed by atoms with Crippen LogP contribution in [0.2, 0.25) is 0 Å². The summed E-state index contributed by atoms with van der Waals surface area (Å²) in [4.78, 5) is 17.5. The topological polar surface area (TPSA) is 114 Å². The average Bonchev–Trinajstić information content (AvgIpc) is 3.49. The normalized spacial score (nSPS) is 13.8. The van der Waals surface area contributed by atoms with Crippen molar-refractivity contribution in [2.75, 3.05) is 4.72 Å². The zero-order valence-electron chi connectivity index (χ0n) is 21.1. The van der Waals surface area contributed by atoms with E-state index in [2.05, 4.69) is 9.71 Å². The zero-order valence-corrected chi connectivity index (χ0v) is 22.0. The summed E-state index contributed by atoms with van der Waals surface area (Å²) in [7, 11) is -3.74. The Labute approximate surface area is 225 Å². The number of aromatic nitrogens is 2. The van der Waals surface area contributed by atoms with Gasteiger partial charge in [-0.15, -0.1) is 0 Å². The van der Waals surface area contributed by atoms with E-state index in [4.69, 9.17) is 4.74 Å². The lowest BCUT2D eigenvalue weighted by Gasteiger charge is -2.16. The molecule has 1 saturated carbocycles. The minimum absolute atomic E-state index is 0.0518. The number of sulfonamides is 1. The highest BCUT2D eigenvalue weighted by molar-refractivity contribution is 7.93. The van der Waals surface area contributed by atoms with Crippen LogP contribution in [-0.2, 0) is 23.0 Å². The summed E-state index contributed by atoms with van der Waals surface area (Å²) in [5.74, 6) is -1.13. The molecular weight excluding hydrogens is 519 g/mol. The van der Waals surface area contributed by atoms with E-state index in [1.807, 2.05) is 36.4 Å². The summed E-state index contributed by atoms with van der Waals surface area (Å²) in [6.07, 6.45) is 5.77. The third-order valence-corrected chi connectivity index (χ3v) is 8.79. The molecule has 0 aliphatic heterocycles. The van der Waals surface area contributed by atoms with Gasteiger partial charge in [-0.05, 0) is 61.6 Å². The molecule has 0 amide bonds. The summed E-state index contributed by atoms with van der Waals surface area (Å²) in [5.41, 5.74) is 1.03. The van der Waals surface area contributed by atoms with Gasteiger partial charge < -0.3 is 4.74 Å². The second-order valence-corrected chi connectivity index (χ2v) is 11.5. The van der Waals surface area contributed by atoms with Gasteiger partial charge in [-0.3, -0.25) is 14.1 Å². The molecule has 0 unspecified atom stereocenters. The Balaban J connectivity index is 1.40. The third-order valence-electron chi connectivity index (χ3n) is 6.94. The van der Waals surface area contributed by atoms with Crippen LogP contribution in [0.25, 0.3) is 10.9 Å². The molecule has 4 aromatic rings. The van der Waals surface area contributed by atoms with Gasteiger partial charge in [0.1, 0.15) is 17.4 Å². The molecule has 1 fully saturated rings. The van der Waals surface area contributed by atoms with Crippen molar-refractivity contribution < 1.29 is 17.5 Å². The smallest absolute Gasteiger partial charge is 0.261 e. The van der Waals surface area contributed by atoms with Crippen LogP contribution in [0.4, 0.5) is 10.1 Å². The van der Waals surface area contributed by atoms with Crippen molar-refractivity contribution in [1.29, 1.82) is 5.26 Å². The molecule has 0 bridgehead atoms. The fraction of sp³-hybridized carbons (Fsp3) is 0.276. The minimum atomic E-state index is -3.74. The van der Waals surface area contributed by atoms with Gasteiger partial charge in [0.05, 0.1) is 28.2 Å². The standard InChI is InChI=1S/C29H27FN4O4S/c30-25-13-15-27(33-39(36,37)22-10-4-5-11-22)24(18-31)28(25)38-21-12-14-26-23(17-21)29(35)34(19-32-26)16-6-9-20-7-2-1-3-8-20/h1-3,7-8,12-15,17,19,22,33H,4-6,9-11,16H2. The van der Waals surface area contributed by atoms with Gasteiger partial charge >= 0.3 is 0 Å². The van der Waals surface area contributed by atoms with Crippen LogP contribution in [0.15, 0.2) is 71.8 Å². The summed E-state index contributed by atoms with van der Waals surface area (Å²) in [6, 6.07) is 18.6. The Kier molecular flexibility index (Phi) is 7.61. The van der Waals surface area contributed by atoms with Gasteiger partial charge in [0, 0.05) is 6.54 Å². The summed E-state index contributed by atoms with van der Waals surface area (Å²) >= 11 is 0. The lowest BCUT2D eigenvalue weighted by molar-refractivity contribution is 0.441. The molecule has 8 nitrogen and oxygen atoms in total. The van der Waals surface area contributed by atoms with E-state index >= 15 is 0 Å². The molecule has 200 valence electrons. The van der Waals surface area contributed by atoms with E-state index in [0.29, 0.717) is 24.9 Å². The monoisotopic (exact) mass is 546 g/mol. The Bertz CT molecular complexity index is 1710. The molecule has 0 spiro atoms. The Morgan fingerprint density at radius 3 is 2.62 bits per heavy atom. The van der Waals surface area contributed by atoms with Crippen LogP contribution in [-0.4, -0.2) is 23.2 Å². The second kappa shape index (κ2) is 11.3. The van der Waals surface area contributed by atoms with Gasteiger partial charge in [0.15, 0.2) is 11.6 Å². The summed E-state index contributed by atoms with van der Waals surface area (Å²) in [5, 5.41) is 9.52. The van der Waals surface area contributed by atoms with Crippen LogP contribution in [0.1, 0.15) is 43.2 Å². The maximum absolute atomic E-state index is 14.8. The number of hydrogen-bond acceptors (Lipinski definition) is 6. The van der Waals surface area contributed by atoms with E-state index in [1.165, 1.54) is 34.7 Å². The van der Waals surface area contributed by atoms with E-state index in [0.717, 1.165) is 31.7 Å². The van der Waals surface area contributed by atoms with Gasteiger partial charge in [-0.1, -0.05) is 43.2 Å². The number of nitrogens with zero attached hydrogens (tertiary/aromatic N) is 3. The number of fused-ring (bicyclic) bond motifs is 1. The summed E-state index contributed by atoms with van der Waals surface area (Å²) in [6.45, 7) is 0.470. The SMILES string of the molecule is N#Cc1c(NS(=O)(=O)C2CCCC2)ccc(F)c1Oc1ccc2ncn(CCCc3ccccc3)c(=O)c2c1. The van der Waals surface area contributed by atoms with Crippen molar-refractivity contribution in [2.45, 2.75) is 50.3 Å². The quantitative estimate of drug-likeness (QED) is 0.296. The number of benzene rings is 3. The van der Waals surface area contributed by atoms with Gasteiger partial charge in [0.25, 0.3) is 5.56 Å². The molecular formula is C29H27FN4O4S. The Morgan fingerprint density at radius 2 is 1.87 bits per heavy atom. The van der Waals surface area contributed by atoms with Crippen LogP contribution in [0.3, 0.4) is 0 Å². The lowest BCUT2D eigenvalue weighted by Crippen LogP contribution is -2.25. The highest BCUT2D eigenvalue weighted by Gasteiger charge is 2.30. The van der Waals surface area contributed by atoms with Crippen molar-refractivity contribution in [2.24, 2.45) is 0 Å². The van der Waals surface area contributed by atoms with Crippen molar-refractivity contribution >= 4 is 26.6 Å². The first kappa shape index (κ1) is 26.4. The maximum atomic E-state index is 14.8. The maximum Gasteiger partial charge on any atom is 0.261 e. The molecule has 1 aliphatic carbocycles. The predicted molar refractivity (Wildman–Crippen MR) is 147 cm³/mol. The number of anilines is 1. The molecule has 5 rings (SSSR count). The van der Waals surface area contributed by atoms with Gasteiger partial charge in [-0.25, -0.2) is 17.8 Å². The van der Waals surface area contributed by atoms with Gasteiger partial charge in [0.2, 0.25) is 10.0 Å². The van der Waals surface area contributed by atoms with Crippen molar-refractivity contribution in [1.82, 2.24) is 9.55 Å². The van der Waals surface area contributed by atoms with Crippen molar-refractivity contribution in [3.63, 3.8) is 0 Å². The number of rotatable bonds is 9. The molecule has 3 aromatic carbocycles. The number of nitrogens with one attached hydrogen (secondary N) is 1. The molecule has 1 heterocycles. The number of ether oxygens (including phenoxy) is 1. The van der Waals surface area contributed by atoms with E-state index < -0.39 is 26.8 Å². The Morgan fingerprint density at radius 1 is 1.10 bits per heavy atom. The van der Waals surface area contributed by atoms with Crippen molar-refractivity contribution in [3.8, 4) is 17.6 Å². The molecule has 39 heavy (non-hydrogen) atoms. The van der Waals surface area contributed by atoms with Crippen LogP contribution < -0.4 is 15.0 Å². The van der Waals surface area contributed by atoms with Crippen molar-refractivity contribution in [3.05, 3.63) is 94.3 Å². The molecule has 10 heteroatoms. The van der Waals surface area contributed by atoms with Crippen LogP contribution >= 0.6 is 0 Å². The fourth-order valence-electron chi connectivity index (χ4n) is 4.87. The first-order valence-electron chi connectivity index (χ1n) is 12.8. The second-order valence-electron chi connectivity index (χ2n) is 9.58. The molecule has 0 radical (unpaired) electrons. The summed E-state index contributed by atoms with van der Waals surface area (Å²) < 4.78 is 50.2. The van der Waals surface area contributed by atoms with E-state index in [1.54, 1.807) is 6.07 Å². The number of hydrogen-bond donors (Lipinski definition) is 1. The molecule has 1 aromatic heterocycles. The molecule has 1 aliphatic rings. The van der Waals surface area contributed by atoms with Crippen LogP contribution in [0, 0.1) is 17.1 Å². The Hall–Kier alpha value is -4.23. The fourth-order valence-corrected chi connectivity index (χ4v) is 6.46. The van der Waals surface area contributed by atoms with E-state index in [9.17, 15) is 22.9 Å². The van der Waals surface area contributed by atoms with Crippen LogP contribution in [0.5, 0.6) is 11.5 Å². The molecule has 0 atom stereocenters. The predicted octanol–water partition coefficient (Wildman–Crippen LogP) is 5.52. The van der Waals surface area contributed by atoms with Gasteiger partial charge in [-0.2, -0.15) is 5.26 Å². The zero-order chi connectivity index (χ0) is 27.4. The third kappa shape index (κ3) is 5.78. The first-order valence-corrected chi connectivity index (χ1v) is 14.4. The minimum Gasteiger partial charge on any atom is -0.453 e.